The molecule has 2 nitrogen and oxygen atoms in total. The van der Waals surface area contributed by atoms with Gasteiger partial charge in [0.05, 0.1) is 4.47 Å². The molecule has 0 aliphatic heterocycles. The monoisotopic (exact) mass is 299 g/mol. The molecular formula is C13H15BrFNO. The third-order valence-electron chi connectivity index (χ3n) is 3.36. The molecule has 0 aromatic heterocycles. The number of anilines is 1. The van der Waals surface area contributed by atoms with Gasteiger partial charge < -0.3 is 5.32 Å². The molecule has 0 spiro atoms. The average molecular weight is 300 g/mol. The van der Waals surface area contributed by atoms with Crippen LogP contribution in [0.3, 0.4) is 0 Å². The normalized spacial score (nSPS) is 21.1. The standard InChI is InChI=1S/C13H15BrFNO/c1-7-4-10(15)9(14)5-11(7)16-12(17)8-6-13(8,2)3/h4-5,8H,6H2,1-3H3,(H,16,17). The van der Waals surface area contributed by atoms with E-state index in [1.807, 2.05) is 0 Å². The van der Waals surface area contributed by atoms with Crippen LogP contribution < -0.4 is 5.32 Å². The fourth-order valence-corrected chi connectivity index (χ4v) is 2.26. The minimum absolute atomic E-state index is 0.0246. The van der Waals surface area contributed by atoms with E-state index in [0.717, 1.165) is 12.0 Å². The molecular weight excluding hydrogens is 285 g/mol. The Balaban J connectivity index is 2.14. The zero-order valence-electron chi connectivity index (χ0n) is 10.1. The summed E-state index contributed by atoms with van der Waals surface area (Å²) in [6.45, 7) is 5.93. The molecule has 0 heterocycles. The van der Waals surface area contributed by atoms with E-state index in [9.17, 15) is 9.18 Å². The van der Waals surface area contributed by atoms with Crippen molar-refractivity contribution in [1.29, 1.82) is 0 Å². The molecule has 2 rings (SSSR count). The largest absolute Gasteiger partial charge is 0.326 e. The highest BCUT2D eigenvalue weighted by molar-refractivity contribution is 9.10. The van der Waals surface area contributed by atoms with Gasteiger partial charge in [0, 0.05) is 11.6 Å². The van der Waals surface area contributed by atoms with Crippen molar-refractivity contribution in [2.45, 2.75) is 27.2 Å². The zero-order valence-corrected chi connectivity index (χ0v) is 11.7. The second kappa shape index (κ2) is 4.09. The molecule has 17 heavy (non-hydrogen) atoms. The van der Waals surface area contributed by atoms with Crippen molar-refractivity contribution < 1.29 is 9.18 Å². The number of nitrogens with one attached hydrogen (secondary N) is 1. The molecule has 1 N–H and O–H groups in total. The number of carbonyl (C=O) groups excluding carboxylic acids is 1. The molecule has 1 unspecified atom stereocenters. The van der Waals surface area contributed by atoms with Crippen LogP contribution >= 0.6 is 15.9 Å². The van der Waals surface area contributed by atoms with Crippen molar-refractivity contribution >= 4 is 27.5 Å². The highest BCUT2D eigenvalue weighted by Gasteiger charge is 2.50. The topological polar surface area (TPSA) is 29.1 Å². The van der Waals surface area contributed by atoms with E-state index in [-0.39, 0.29) is 23.1 Å². The summed E-state index contributed by atoms with van der Waals surface area (Å²) < 4.78 is 13.6. The Bertz CT molecular complexity index is 485. The first kappa shape index (κ1) is 12.6. The third kappa shape index (κ3) is 2.51. The van der Waals surface area contributed by atoms with Crippen LogP contribution in [0.1, 0.15) is 25.8 Å². The predicted octanol–water partition coefficient (Wildman–Crippen LogP) is 3.88. The maximum Gasteiger partial charge on any atom is 0.228 e. The summed E-state index contributed by atoms with van der Waals surface area (Å²) in [5.74, 6) is -0.213. The number of benzene rings is 1. The molecule has 1 amide bonds. The van der Waals surface area contributed by atoms with Gasteiger partial charge in [-0.05, 0) is 52.4 Å². The summed E-state index contributed by atoms with van der Waals surface area (Å²) in [5.41, 5.74) is 1.51. The second-order valence-electron chi connectivity index (χ2n) is 5.32. The Morgan fingerprint density at radius 3 is 2.65 bits per heavy atom. The lowest BCUT2D eigenvalue weighted by Crippen LogP contribution is -2.17. The molecule has 1 aliphatic carbocycles. The van der Waals surface area contributed by atoms with E-state index in [1.54, 1.807) is 13.0 Å². The van der Waals surface area contributed by atoms with Crippen LogP contribution in [0.15, 0.2) is 16.6 Å². The van der Waals surface area contributed by atoms with E-state index >= 15 is 0 Å². The Morgan fingerprint density at radius 2 is 2.12 bits per heavy atom. The Kier molecular flexibility index (Phi) is 3.02. The van der Waals surface area contributed by atoms with Crippen LogP contribution in [0.25, 0.3) is 0 Å². The molecule has 4 heteroatoms. The third-order valence-corrected chi connectivity index (χ3v) is 3.96. The Labute approximate surface area is 109 Å². The summed E-state index contributed by atoms with van der Waals surface area (Å²) in [4.78, 5) is 11.9. The van der Waals surface area contributed by atoms with Gasteiger partial charge in [0.1, 0.15) is 5.82 Å². The minimum atomic E-state index is -0.313. The Hall–Kier alpha value is -0.900. The van der Waals surface area contributed by atoms with Crippen molar-refractivity contribution in [1.82, 2.24) is 0 Å². The molecule has 0 radical (unpaired) electrons. The quantitative estimate of drug-likeness (QED) is 0.882. The van der Waals surface area contributed by atoms with Crippen LogP contribution in [0, 0.1) is 24.1 Å². The van der Waals surface area contributed by atoms with E-state index in [0.29, 0.717) is 10.2 Å². The highest BCUT2D eigenvalue weighted by Crippen LogP contribution is 2.52. The van der Waals surface area contributed by atoms with Crippen molar-refractivity contribution in [3.8, 4) is 0 Å². The van der Waals surface area contributed by atoms with Gasteiger partial charge in [0.25, 0.3) is 0 Å². The van der Waals surface area contributed by atoms with Gasteiger partial charge in [-0.3, -0.25) is 4.79 Å². The molecule has 1 aliphatic rings. The summed E-state index contributed by atoms with van der Waals surface area (Å²) in [5, 5.41) is 2.86. The molecule has 1 fully saturated rings. The minimum Gasteiger partial charge on any atom is -0.326 e. The Morgan fingerprint density at radius 1 is 1.53 bits per heavy atom. The van der Waals surface area contributed by atoms with Crippen LogP contribution in [0.4, 0.5) is 10.1 Å². The molecule has 1 saturated carbocycles. The number of amides is 1. The van der Waals surface area contributed by atoms with Gasteiger partial charge >= 0.3 is 0 Å². The molecule has 0 saturated heterocycles. The molecule has 1 aromatic carbocycles. The maximum absolute atomic E-state index is 13.2. The van der Waals surface area contributed by atoms with E-state index < -0.39 is 0 Å². The van der Waals surface area contributed by atoms with Gasteiger partial charge in [0.2, 0.25) is 5.91 Å². The van der Waals surface area contributed by atoms with Gasteiger partial charge in [-0.25, -0.2) is 4.39 Å². The van der Waals surface area contributed by atoms with E-state index in [2.05, 4.69) is 35.1 Å². The number of hydrogen-bond donors (Lipinski definition) is 1. The first-order chi connectivity index (χ1) is 7.81. The number of aryl methyl sites for hydroxylation is 1. The van der Waals surface area contributed by atoms with Crippen molar-refractivity contribution in [2.24, 2.45) is 11.3 Å². The summed E-state index contributed by atoms with van der Waals surface area (Å²) >= 11 is 3.12. The highest BCUT2D eigenvalue weighted by atomic mass is 79.9. The number of carbonyl (C=O) groups is 1. The average Bonchev–Trinajstić information content (AvgIpc) is 2.84. The van der Waals surface area contributed by atoms with Gasteiger partial charge in [-0.15, -0.1) is 0 Å². The number of hydrogen-bond acceptors (Lipinski definition) is 1. The molecule has 1 aromatic rings. The number of rotatable bonds is 2. The van der Waals surface area contributed by atoms with Gasteiger partial charge in [-0.2, -0.15) is 0 Å². The van der Waals surface area contributed by atoms with Crippen LogP contribution in [0.5, 0.6) is 0 Å². The van der Waals surface area contributed by atoms with Crippen LogP contribution in [-0.2, 0) is 4.79 Å². The molecule has 92 valence electrons. The van der Waals surface area contributed by atoms with Gasteiger partial charge in [0.15, 0.2) is 0 Å². The summed E-state index contributed by atoms with van der Waals surface area (Å²) in [6, 6.07) is 3.02. The van der Waals surface area contributed by atoms with Crippen molar-refractivity contribution in [3.05, 3.63) is 28.0 Å². The fourth-order valence-electron chi connectivity index (χ4n) is 1.92. The second-order valence-corrected chi connectivity index (χ2v) is 6.17. The van der Waals surface area contributed by atoms with Crippen molar-refractivity contribution in [2.75, 3.05) is 5.32 Å². The fraction of sp³-hybridized carbons (Fsp3) is 0.462. The van der Waals surface area contributed by atoms with Crippen LogP contribution in [0.2, 0.25) is 0 Å². The lowest BCUT2D eigenvalue weighted by Gasteiger charge is -2.10. The van der Waals surface area contributed by atoms with Gasteiger partial charge in [-0.1, -0.05) is 13.8 Å². The van der Waals surface area contributed by atoms with E-state index in [1.165, 1.54) is 6.07 Å². The lowest BCUT2D eigenvalue weighted by molar-refractivity contribution is -0.118. The summed E-state index contributed by atoms with van der Waals surface area (Å²) in [7, 11) is 0. The first-order valence-electron chi connectivity index (χ1n) is 5.58. The smallest absolute Gasteiger partial charge is 0.228 e. The SMILES string of the molecule is Cc1cc(F)c(Br)cc1NC(=O)C1CC1(C)C. The summed E-state index contributed by atoms with van der Waals surface area (Å²) in [6.07, 6.45) is 0.917. The predicted molar refractivity (Wildman–Crippen MR) is 69.4 cm³/mol. The van der Waals surface area contributed by atoms with Crippen molar-refractivity contribution in [3.63, 3.8) is 0 Å². The molecule has 1 atom stereocenters. The first-order valence-corrected chi connectivity index (χ1v) is 6.37. The van der Waals surface area contributed by atoms with Crippen LogP contribution in [-0.4, -0.2) is 5.91 Å². The lowest BCUT2D eigenvalue weighted by atomic mass is 10.1. The zero-order chi connectivity index (χ0) is 12.8. The maximum atomic E-state index is 13.2. The molecule has 0 bridgehead atoms. The number of halogens is 2. The van der Waals surface area contributed by atoms with E-state index in [4.69, 9.17) is 0 Å².